The third-order valence-electron chi connectivity index (χ3n) is 4.15. The molecule has 0 unspecified atom stereocenters. The van der Waals surface area contributed by atoms with Crippen LogP contribution in [0.15, 0.2) is 53.0 Å². The Morgan fingerprint density at radius 1 is 1.12 bits per heavy atom. The molecule has 0 saturated heterocycles. The Morgan fingerprint density at radius 3 is 2.52 bits per heavy atom. The molecule has 1 aromatic heterocycles. The van der Waals surface area contributed by atoms with Gasteiger partial charge in [0.15, 0.2) is 0 Å². The number of carbonyl (C=O) groups excluding carboxylic acids is 1. The average Bonchev–Trinajstić information content (AvgIpc) is 2.84. The van der Waals surface area contributed by atoms with Gasteiger partial charge in [0.05, 0.1) is 23.6 Å². The Balaban J connectivity index is 1.82. The van der Waals surface area contributed by atoms with Crippen LogP contribution in [0, 0.1) is 20.8 Å². The fourth-order valence-electron chi connectivity index (χ4n) is 2.77. The summed E-state index contributed by atoms with van der Waals surface area (Å²) in [5.74, 6) is -0.113. The van der Waals surface area contributed by atoms with Gasteiger partial charge >= 0.3 is 0 Å². The van der Waals surface area contributed by atoms with Gasteiger partial charge in [-0.05, 0) is 50.6 Å². The molecule has 128 valence electrons. The summed E-state index contributed by atoms with van der Waals surface area (Å²) in [5, 5.41) is 7.59. The quantitative estimate of drug-likeness (QED) is 0.682. The van der Waals surface area contributed by atoms with Crippen molar-refractivity contribution in [3.63, 3.8) is 0 Å². The van der Waals surface area contributed by atoms with Gasteiger partial charge in [-0.2, -0.15) is 5.10 Å². The van der Waals surface area contributed by atoms with E-state index in [1.54, 1.807) is 0 Å². The Kier molecular flexibility index (Phi) is 5.04. The van der Waals surface area contributed by atoms with Crippen LogP contribution >= 0.6 is 15.9 Å². The van der Waals surface area contributed by atoms with E-state index in [9.17, 15) is 4.79 Å². The van der Waals surface area contributed by atoms with Crippen molar-refractivity contribution in [1.29, 1.82) is 0 Å². The predicted octanol–water partition coefficient (Wildman–Crippen LogP) is 4.87. The highest BCUT2D eigenvalue weighted by Gasteiger charge is 2.15. The van der Waals surface area contributed by atoms with Gasteiger partial charge in [-0.25, -0.2) is 0 Å². The van der Waals surface area contributed by atoms with Gasteiger partial charge in [0.1, 0.15) is 0 Å². The third kappa shape index (κ3) is 3.99. The number of nitrogens with one attached hydrogen (secondary N) is 1. The van der Waals surface area contributed by atoms with Crippen molar-refractivity contribution in [2.24, 2.45) is 0 Å². The molecule has 25 heavy (non-hydrogen) atoms. The summed E-state index contributed by atoms with van der Waals surface area (Å²) in [7, 11) is 0. The van der Waals surface area contributed by atoms with E-state index in [1.165, 1.54) is 0 Å². The number of aryl methyl sites for hydroxylation is 2. The summed E-state index contributed by atoms with van der Waals surface area (Å²) in [6, 6.07) is 15.7. The number of carbonyl (C=O) groups is 1. The summed E-state index contributed by atoms with van der Waals surface area (Å²) >= 11 is 3.45. The van der Waals surface area contributed by atoms with Gasteiger partial charge in [0, 0.05) is 10.0 Å². The first-order valence-electron chi connectivity index (χ1n) is 8.10. The third-order valence-corrected chi connectivity index (χ3v) is 4.67. The van der Waals surface area contributed by atoms with Crippen LogP contribution in [0.25, 0.3) is 0 Å². The molecule has 3 rings (SSSR count). The molecular formula is C20H20BrN3O. The highest BCUT2D eigenvalue weighted by molar-refractivity contribution is 9.10. The van der Waals surface area contributed by atoms with E-state index in [0.717, 1.165) is 32.7 Å². The first kappa shape index (κ1) is 17.4. The topological polar surface area (TPSA) is 46.9 Å². The Bertz CT molecular complexity index is 913. The molecule has 0 saturated carbocycles. The van der Waals surface area contributed by atoms with E-state index in [2.05, 4.69) is 38.5 Å². The minimum Gasteiger partial charge on any atom is -0.319 e. The van der Waals surface area contributed by atoms with Crippen molar-refractivity contribution < 1.29 is 4.79 Å². The molecule has 0 fully saturated rings. The van der Waals surface area contributed by atoms with Crippen molar-refractivity contribution in [3.05, 3.63) is 81.1 Å². The van der Waals surface area contributed by atoms with Gasteiger partial charge in [-0.15, -0.1) is 0 Å². The van der Waals surface area contributed by atoms with Gasteiger partial charge in [0.25, 0.3) is 5.91 Å². The van der Waals surface area contributed by atoms with Crippen molar-refractivity contribution >= 4 is 27.5 Å². The largest absolute Gasteiger partial charge is 0.319 e. The zero-order valence-electron chi connectivity index (χ0n) is 14.5. The lowest BCUT2D eigenvalue weighted by Gasteiger charge is -2.08. The van der Waals surface area contributed by atoms with E-state index < -0.39 is 0 Å². The number of aromatic nitrogens is 2. The minimum atomic E-state index is -0.113. The monoisotopic (exact) mass is 397 g/mol. The normalized spacial score (nSPS) is 10.7. The second kappa shape index (κ2) is 7.23. The molecule has 2 aromatic carbocycles. The smallest absolute Gasteiger partial charge is 0.255 e. The number of nitrogens with zero attached hydrogens (tertiary/aromatic N) is 2. The van der Waals surface area contributed by atoms with E-state index in [1.807, 2.05) is 61.9 Å². The number of amides is 1. The van der Waals surface area contributed by atoms with Gasteiger partial charge in [-0.1, -0.05) is 45.8 Å². The maximum atomic E-state index is 12.5. The van der Waals surface area contributed by atoms with Gasteiger partial charge < -0.3 is 5.32 Å². The molecule has 5 heteroatoms. The highest BCUT2D eigenvalue weighted by Crippen LogP contribution is 2.22. The molecule has 0 radical (unpaired) electrons. The Labute approximate surface area is 156 Å². The van der Waals surface area contributed by atoms with E-state index in [0.29, 0.717) is 12.1 Å². The standard InChI is InChI=1S/C20H20BrN3O/c1-13-5-4-6-17(11-13)20(25)22-19-14(2)23-24(15(19)3)12-16-7-9-18(21)10-8-16/h4-11H,12H2,1-3H3,(H,22,25). The van der Waals surface area contributed by atoms with Crippen molar-refractivity contribution in [2.45, 2.75) is 27.3 Å². The molecular weight excluding hydrogens is 378 g/mol. The predicted molar refractivity (Wildman–Crippen MR) is 104 cm³/mol. The first-order valence-corrected chi connectivity index (χ1v) is 8.90. The number of benzene rings is 2. The van der Waals surface area contributed by atoms with Crippen molar-refractivity contribution in [1.82, 2.24) is 9.78 Å². The van der Waals surface area contributed by atoms with Gasteiger partial charge in [-0.3, -0.25) is 9.48 Å². The summed E-state index contributed by atoms with van der Waals surface area (Å²) in [6.45, 7) is 6.53. The van der Waals surface area contributed by atoms with E-state index in [-0.39, 0.29) is 5.91 Å². The summed E-state index contributed by atoms with van der Waals surface area (Å²) in [4.78, 5) is 12.5. The lowest BCUT2D eigenvalue weighted by Crippen LogP contribution is -2.13. The lowest BCUT2D eigenvalue weighted by molar-refractivity contribution is 0.102. The van der Waals surface area contributed by atoms with E-state index in [4.69, 9.17) is 0 Å². The Hall–Kier alpha value is -2.40. The van der Waals surface area contributed by atoms with Crippen LogP contribution in [0.3, 0.4) is 0 Å². The van der Waals surface area contributed by atoms with Gasteiger partial charge in [0.2, 0.25) is 0 Å². The highest BCUT2D eigenvalue weighted by atomic mass is 79.9. The minimum absolute atomic E-state index is 0.113. The summed E-state index contributed by atoms with van der Waals surface area (Å²) < 4.78 is 2.97. The molecule has 0 bridgehead atoms. The molecule has 1 amide bonds. The maximum absolute atomic E-state index is 12.5. The fraction of sp³-hybridized carbons (Fsp3) is 0.200. The number of halogens is 1. The van der Waals surface area contributed by atoms with Crippen molar-refractivity contribution in [2.75, 3.05) is 5.32 Å². The van der Waals surface area contributed by atoms with E-state index >= 15 is 0 Å². The zero-order chi connectivity index (χ0) is 18.0. The van der Waals surface area contributed by atoms with Crippen LogP contribution in [0.2, 0.25) is 0 Å². The summed E-state index contributed by atoms with van der Waals surface area (Å²) in [6.07, 6.45) is 0. The second-order valence-corrected chi connectivity index (χ2v) is 7.07. The molecule has 0 atom stereocenters. The van der Waals surface area contributed by atoms with Crippen LogP contribution in [0.5, 0.6) is 0 Å². The molecule has 0 aliphatic carbocycles. The number of anilines is 1. The fourth-order valence-corrected chi connectivity index (χ4v) is 3.03. The molecule has 0 aliphatic rings. The Morgan fingerprint density at radius 2 is 1.84 bits per heavy atom. The van der Waals surface area contributed by atoms with Crippen LogP contribution in [-0.4, -0.2) is 15.7 Å². The molecule has 0 spiro atoms. The molecule has 1 N–H and O–H groups in total. The molecule has 0 aliphatic heterocycles. The van der Waals surface area contributed by atoms with Crippen LogP contribution in [0.4, 0.5) is 5.69 Å². The number of hydrogen-bond acceptors (Lipinski definition) is 2. The summed E-state index contributed by atoms with van der Waals surface area (Å²) in [5.41, 5.74) is 5.41. The maximum Gasteiger partial charge on any atom is 0.255 e. The number of rotatable bonds is 4. The molecule has 3 aromatic rings. The lowest BCUT2D eigenvalue weighted by atomic mass is 10.1. The average molecular weight is 398 g/mol. The molecule has 4 nitrogen and oxygen atoms in total. The van der Waals surface area contributed by atoms with Crippen LogP contribution < -0.4 is 5.32 Å². The first-order chi connectivity index (χ1) is 11.9. The SMILES string of the molecule is Cc1cccc(C(=O)Nc2c(C)nn(Cc3ccc(Br)cc3)c2C)c1. The zero-order valence-corrected chi connectivity index (χ0v) is 16.1. The van der Waals surface area contributed by atoms with Crippen LogP contribution in [0.1, 0.15) is 32.9 Å². The second-order valence-electron chi connectivity index (χ2n) is 6.15. The number of hydrogen-bond donors (Lipinski definition) is 1. The van der Waals surface area contributed by atoms with Crippen LogP contribution in [-0.2, 0) is 6.54 Å². The van der Waals surface area contributed by atoms with Crippen molar-refractivity contribution in [3.8, 4) is 0 Å². The molecule has 1 heterocycles.